The summed E-state index contributed by atoms with van der Waals surface area (Å²) in [6.07, 6.45) is 0.733. The van der Waals surface area contributed by atoms with Gasteiger partial charge in [-0.2, -0.15) is 0 Å². The number of hydrogen-bond acceptors (Lipinski definition) is 5. The number of methoxy groups -OCH3 is 1. The number of piperidine rings is 1. The van der Waals surface area contributed by atoms with E-state index in [0.717, 1.165) is 4.31 Å². The Balaban J connectivity index is 2.57. The van der Waals surface area contributed by atoms with Crippen LogP contribution < -0.4 is 0 Å². The van der Waals surface area contributed by atoms with Gasteiger partial charge >= 0.3 is 11.9 Å². The minimum absolute atomic E-state index is 0.162. The Morgan fingerprint density at radius 2 is 1.88 bits per heavy atom. The molecule has 0 aromatic carbocycles. The van der Waals surface area contributed by atoms with E-state index in [1.54, 1.807) is 0 Å². The molecule has 1 heterocycles. The van der Waals surface area contributed by atoms with Crippen molar-refractivity contribution in [2.75, 3.05) is 26.0 Å². The van der Waals surface area contributed by atoms with Gasteiger partial charge < -0.3 is 9.84 Å². The smallest absolute Gasteiger partial charge is 0.320 e. The quantitative estimate of drug-likeness (QED) is 0.673. The summed E-state index contributed by atoms with van der Waals surface area (Å²) in [7, 11) is -2.47. The van der Waals surface area contributed by atoms with Gasteiger partial charge in [-0.05, 0) is 12.8 Å². The number of carboxylic acids is 1. The Morgan fingerprint density at radius 1 is 1.35 bits per heavy atom. The predicted molar refractivity (Wildman–Crippen MR) is 57.7 cm³/mol. The van der Waals surface area contributed by atoms with Crippen LogP contribution in [-0.2, 0) is 24.3 Å². The van der Waals surface area contributed by atoms with Crippen molar-refractivity contribution in [1.29, 1.82) is 0 Å². The van der Waals surface area contributed by atoms with E-state index in [4.69, 9.17) is 5.11 Å². The standard InChI is InChI=1S/C9H15NO6S/c1-16-9(13)7-2-4-10(5-3-7)17(14,15)6-8(11)12/h7H,2-6H2,1H3,(H,11,12). The number of nitrogens with zero attached hydrogens (tertiary/aromatic N) is 1. The molecule has 17 heavy (non-hydrogen) atoms. The average Bonchev–Trinajstić information content (AvgIpc) is 2.26. The first kappa shape index (κ1) is 13.9. The zero-order valence-corrected chi connectivity index (χ0v) is 10.3. The number of carbonyl (C=O) groups is 2. The van der Waals surface area contributed by atoms with Gasteiger partial charge in [0.15, 0.2) is 5.75 Å². The number of rotatable bonds is 4. The largest absolute Gasteiger partial charge is 0.480 e. The van der Waals surface area contributed by atoms with Crippen LogP contribution in [0.25, 0.3) is 0 Å². The molecule has 1 saturated heterocycles. The number of ether oxygens (including phenoxy) is 1. The van der Waals surface area contributed by atoms with E-state index in [0.29, 0.717) is 12.8 Å². The van der Waals surface area contributed by atoms with Crippen LogP contribution in [-0.4, -0.2) is 55.7 Å². The fourth-order valence-electron chi connectivity index (χ4n) is 1.78. The maximum absolute atomic E-state index is 11.6. The molecule has 1 rings (SSSR count). The highest BCUT2D eigenvalue weighted by molar-refractivity contribution is 7.89. The van der Waals surface area contributed by atoms with Gasteiger partial charge in [-0.25, -0.2) is 12.7 Å². The SMILES string of the molecule is COC(=O)C1CCN(S(=O)(=O)CC(=O)O)CC1. The third-order valence-corrected chi connectivity index (χ3v) is 4.45. The fourth-order valence-corrected chi connectivity index (χ4v) is 3.05. The van der Waals surface area contributed by atoms with E-state index in [-0.39, 0.29) is 25.0 Å². The molecule has 1 fully saturated rings. The Kier molecular flexibility index (Phi) is 4.47. The summed E-state index contributed by atoms with van der Waals surface area (Å²) in [6.45, 7) is 0.324. The van der Waals surface area contributed by atoms with Crippen LogP contribution in [0.15, 0.2) is 0 Å². The number of esters is 1. The minimum atomic E-state index is -3.76. The molecule has 0 bridgehead atoms. The van der Waals surface area contributed by atoms with Gasteiger partial charge in [0.1, 0.15) is 0 Å². The molecule has 0 radical (unpaired) electrons. The molecule has 1 aliphatic heterocycles. The summed E-state index contributed by atoms with van der Waals surface area (Å²) in [5, 5.41) is 8.48. The first-order valence-electron chi connectivity index (χ1n) is 5.14. The van der Waals surface area contributed by atoms with Gasteiger partial charge in [0.05, 0.1) is 13.0 Å². The van der Waals surface area contributed by atoms with Crippen molar-refractivity contribution >= 4 is 22.0 Å². The molecule has 0 aromatic heterocycles. The summed E-state index contributed by atoms with van der Waals surface area (Å²) in [5.41, 5.74) is 0. The molecule has 7 nitrogen and oxygen atoms in total. The van der Waals surface area contributed by atoms with Crippen molar-refractivity contribution < 1.29 is 27.9 Å². The first-order chi connectivity index (χ1) is 7.86. The lowest BCUT2D eigenvalue weighted by atomic mass is 9.99. The Hall–Kier alpha value is -1.15. The molecule has 8 heteroatoms. The highest BCUT2D eigenvalue weighted by Gasteiger charge is 2.32. The van der Waals surface area contributed by atoms with Crippen LogP contribution in [0.2, 0.25) is 0 Å². The number of hydrogen-bond donors (Lipinski definition) is 1. The van der Waals surface area contributed by atoms with Crippen LogP contribution in [0.5, 0.6) is 0 Å². The lowest BCUT2D eigenvalue weighted by molar-refractivity contribution is -0.146. The lowest BCUT2D eigenvalue weighted by Crippen LogP contribution is -2.42. The fraction of sp³-hybridized carbons (Fsp3) is 0.778. The van der Waals surface area contributed by atoms with E-state index < -0.39 is 21.7 Å². The van der Waals surface area contributed by atoms with Crippen LogP contribution in [0.1, 0.15) is 12.8 Å². The van der Waals surface area contributed by atoms with Gasteiger partial charge in [0, 0.05) is 13.1 Å². The maximum Gasteiger partial charge on any atom is 0.320 e. The van der Waals surface area contributed by atoms with Crippen molar-refractivity contribution in [1.82, 2.24) is 4.31 Å². The molecule has 0 atom stereocenters. The molecule has 1 aliphatic rings. The van der Waals surface area contributed by atoms with Gasteiger partial charge in [0.2, 0.25) is 10.0 Å². The second kappa shape index (κ2) is 5.46. The van der Waals surface area contributed by atoms with Gasteiger partial charge in [-0.3, -0.25) is 9.59 Å². The summed E-state index contributed by atoms with van der Waals surface area (Å²) in [5.74, 6) is -2.92. The second-order valence-electron chi connectivity index (χ2n) is 3.85. The highest BCUT2D eigenvalue weighted by atomic mass is 32.2. The lowest BCUT2D eigenvalue weighted by Gasteiger charge is -2.29. The van der Waals surface area contributed by atoms with E-state index in [1.165, 1.54) is 7.11 Å². The molecular formula is C9H15NO6S. The average molecular weight is 265 g/mol. The van der Waals surface area contributed by atoms with E-state index in [2.05, 4.69) is 4.74 Å². The predicted octanol–water partition coefficient (Wildman–Crippen LogP) is -0.714. The van der Waals surface area contributed by atoms with Crippen LogP contribution in [0.4, 0.5) is 0 Å². The van der Waals surface area contributed by atoms with Crippen LogP contribution in [0, 0.1) is 5.92 Å². The number of carboxylic acid groups (broad SMARTS) is 1. The van der Waals surface area contributed by atoms with E-state index in [1.807, 2.05) is 0 Å². The summed E-state index contributed by atoms with van der Waals surface area (Å²) in [4.78, 5) is 21.6. The van der Waals surface area contributed by atoms with Gasteiger partial charge in [-0.1, -0.05) is 0 Å². The first-order valence-corrected chi connectivity index (χ1v) is 6.75. The van der Waals surface area contributed by atoms with Crippen molar-refractivity contribution in [2.24, 2.45) is 5.92 Å². The molecule has 0 spiro atoms. The molecular weight excluding hydrogens is 250 g/mol. The van der Waals surface area contributed by atoms with Crippen molar-refractivity contribution in [3.63, 3.8) is 0 Å². The maximum atomic E-state index is 11.6. The normalized spacial score (nSPS) is 18.9. The third-order valence-electron chi connectivity index (χ3n) is 2.69. The molecule has 0 amide bonds. The molecule has 98 valence electrons. The molecule has 0 aliphatic carbocycles. The Bertz CT molecular complexity index is 396. The second-order valence-corrected chi connectivity index (χ2v) is 5.82. The molecule has 1 N–H and O–H groups in total. The van der Waals surface area contributed by atoms with E-state index >= 15 is 0 Å². The van der Waals surface area contributed by atoms with Crippen molar-refractivity contribution in [3.8, 4) is 0 Å². The summed E-state index contributed by atoms with van der Waals surface area (Å²) >= 11 is 0. The van der Waals surface area contributed by atoms with Crippen molar-refractivity contribution in [3.05, 3.63) is 0 Å². The van der Waals surface area contributed by atoms with Crippen LogP contribution >= 0.6 is 0 Å². The molecule has 0 saturated carbocycles. The monoisotopic (exact) mass is 265 g/mol. The highest BCUT2D eigenvalue weighted by Crippen LogP contribution is 2.20. The topological polar surface area (TPSA) is 101 Å². The van der Waals surface area contributed by atoms with Gasteiger partial charge in [-0.15, -0.1) is 0 Å². The Labute approximate surface area is 99.4 Å². The third kappa shape index (κ3) is 3.67. The van der Waals surface area contributed by atoms with Gasteiger partial charge in [0.25, 0.3) is 0 Å². The molecule has 0 unspecified atom stereocenters. The number of aliphatic carboxylic acids is 1. The van der Waals surface area contributed by atoms with Crippen molar-refractivity contribution in [2.45, 2.75) is 12.8 Å². The Morgan fingerprint density at radius 3 is 2.29 bits per heavy atom. The zero-order valence-electron chi connectivity index (χ0n) is 9.46. The van der Waals surface area contributed by atoms with Crippen LogP contribution in [0.3, 0.4) is 0 Å². The number of carbonyl (C=O) groups excluding carboxylic acids is 1. The number of sulfonamides is 1. The zero-order chi connectivity index (χ0) is 13.1. The minimum Gasteiger partial charge on any atom is -0.480 e. The van der Waals surface area contributed by atoms with E-state index in [9.17, 15) is 18.0 Å². The molecule has 0 aromatic rings. The summed E-state index contributed by atoms with van der Waals surface area (Å²) in [6, 6.07) is 0. The summed E-state index contributed by atoms with van der Waals surface area (Å²) < 4.78 is 28.8.